The summed E-state index contributed by atoms with van der Waals surface area (Å²) in [6.07, 6.45) is 2.53. The van der Waals surface area contributed by atoms with E-state index in [-0.39, 0.29) is 17.3 Å². The van der Waals surface area contributed by atoms with Crippen LogP contribution in [-0.2, 0) is 23.0 Å². The van der Waals surface area contributed by atoms with Crippen LogP contribution in [0.3, 0.4) is 0 Å². The van der Waals surface area contributed by atoms with Gasteiger partial charge in [0, 0.05) is 19.6 Å². The van der Waals surface area contributed by atoms with Crippen molar-refractivity contribution in [2.75, 3.05) is 33.9 Å². The number of nitrogens with one attached hydrogen (secondary N) is 1. The quantitative estimate of drug-likeness (QED) is 0.564. The Balaban J connectivity index is 0.00000341. The fraction of sp³-hybridized carbons (Fsp3) is 0.455. The maximum atomic E-state index is 13.4. The van der Waals surface area contributed by atoms with Gasteiger partial charge >= 0.3 is 0 Å². The Hall–Kier alpha value is -1.87. The van der Waals surface area contributed by atoms with Gasteiger partial charge in [0.25, 0.3) is 0 Å². The van der Waals surface area contributed by atoms with Crippen LogP contribution in [0, 0.1) is 12.7 Å². The Morgan fingerprint density at radius 1 is 1.06 bits per heavy atom. The van der Waals surface area contributed by atoms with Crippen LogP contribution < -0.4 is 14.2 Å². The molecule has 2 aromatic rings. The third-order valence-corrected chi connectivity index (χ3v) is 7.03. The van der Waals surface area contributed by atoms with Crippen LogP contribution in [0.25, 0.3) is 0 Å². The van der Waals surface area contributed by atoms with Gasteiger partial charge in [-0.2, -0.15) is 0 Å². The topological polar surface area (TPSA) is 67.9 Å². The van der Waals surface area contributed by atoms with Crippen molar-refractivity contribution >= 4 is 22.4 Å². The van der Waals surface area contributed by atoms with E-state index in [0.717, 1.165) is 50.0 Å². The molecule has 0 saturated carbocycles. The number of benzene rings is 2. The maximum absolute atomic E-state index is 13.4. The van der Waals surface area contributed by atoms with Crippen molar-refractivity contribution in [3.05, 3.63) is 52.8 Å². The first-order chi connectivity index (χ1) is 14.3. The summed E-state index contributed by atoms with van der Waals surface area (Å²) in [5, 5.41) is 0. The van der Waals surface area contributed by atoms with Crippen LogP contribution in [0.1, 0.15) is 29.5 Å². The van der Waals surface area contributed by atoms with Crippen LogP contribution in [-0.4, -0.2) is 47.2 Å². The molecule has 0 unspecified atom stereocenters. The Bertz CT molecular complexity index is 1000. The first kappa shape index (κ1) is 25.4. The number of halogens is 2. The lowest BCUT2D eigenvalue weighted by Gasteiger charge is -2.29. The van der Waals surface area contributed by atoms with Crippen molar-refractivity contribution in [1.82, 2.24) is 9.62 Å². The zero-order valence-electron chi connectivity index (χ0n) is 18.1. The highest BCUT2D eigenvalue weighted by Gasteiger charge is 2.20. The van der Waals surface area contributed by atoms with E-state index in [2.05, 4.69) is 15.7 Å². The molecule has 1 heterocycles. The zero-order chi connectivity index (χ0) is 21.7. The van der Waals surface area contributed by atoms with E-state index >= 15 is 0 Å². The highest BCUT2D eigenvalue weighted by molar-refractivity contribution is 7.89. The molecule has 31 heavy (non-hydrogen) atoms. The number of hydrogen-bond donors (Lipinski definition) is 1. The first-order valence-electron chi connectivity index (χ1n) is 10.1. The zero-order valence-corrected chi connectivity index (χ0v) is 19.7. The molecule has 1 N–H and O–H groups in total. The summed E-state index contributed by atoms with van der Waals surface area (Å²) >= 11 is 0. The maximum Gasteiger partial charge on any atom is 0.240 e. The lowest BCUT2D eigenvalue weighted by molar-refractivity contribution is 0.248. The van der Waals surface area contributed by atoms with E-state index in [4.69, 9.17) is 9.47 Å². The summed E-state index contributed by atoms with van der Waals surface area (Å²) in [6.45, 7) is 4.66. The molecule has 0 aromatic heterocycles. The standard InChI is InChI=1S/C22H29FN2O4S.ClH/c1-16-6-7-19(23)14-22(16)30(26,27)24-9-4-5-10-25-11-8-17-12-20(28-2)21(29-3)13-18(17)15-25;/h6-7,12-14,24H,4-5,8-11,15H2,1-3H3;1H. The summed E-state index contributed by atoms with van der Waals surface area (Å²) in [4.78, 5) is 2.36. The summed E-state index contributed by atoms with van der Waals surface area (Å²) in [5.41, 5.74) is 3.05. The molecule has 1 aliphatic rings. The van der Waals surface area contributed by atoms with Gasteiger partial charge in [-0.1, -0.05) is 6.07 Å². The monoisotopic (exact) mass is 472 g/mol. The lowest BCUT2D eigenvalue weighted by Crippen LogP contribution is -2.32. The van der Waals surface area contributed by atoms with Gasteiger partial charge in [0.05, 0.1) is 19.1 Å². The average molecular weight is 473 g/mol. The second-order valence-electron chi connectivity index (χ2n) is 7.52. The second kappa shape index (κ2) is 11.1. The van der Waals surface area contributed by atoms with Gasteiger partial charge in [0.1, 0.15) is 5.82 Å². The van der Waals surface area contributed by atoms with E-state index in [1.54, 1.807) is 21.1 Å². The molecule has 0 aliphatic carbocycles. The molecule has 0 fully saturated rings. The van der Waals surface area contributed by atoms with Crippen molar-refractivity contribution < 1.29 is 22.3 Å². The summed E-state index contributed by atoms with van der Waals surface area (Å²) in [6, 6.07) is 7.88. The molecule has 0 atom stereocenters. The van der Waals surface area contributed by atoms with E-state index in [1.807, 2.05) is 6.07 Å². The highest BCUT2D eigenvalue weighted by atomic mass is 35.5. The minimum Gasteiger partial charge on any atom is -0.493 e. The Labute approximate surface area is 190 Å². The van der Waals surface area contributed by atoms with Gasteiger partial charge in [-0.3, -0.25) is 4.90 Å². The molecule has 2 aromatic carbocycles. The number of aryl methyl sites for hydroxylation is 1. The number of unbranched alkanes of at least 4 members (excludes halogenated alkanes) is 1. The predicted octanol–water partition coefficient (Wildman–Crippen LogP) is 3.69. The Morgan fingerprint density at radius 2 is 1.74 bits per heavy atom. The van der Waals surface area contributed by atoms with Gasteiger partial charge in [-0.05, 0) is 73.7 Å². The molecule has 0 saturated heterocycles. The van der Waals surface area contributed by atoms with Gasteiger partial charge in [-0.15, -0.1) is 12.4 Å². The number of hydrogen-bond acceptors (Lipinski definition) is 5. The fourth-order valence-electron chi connectivity index (χ4n) is 3.74. The fourth-order valence-corrected chi connectivity index (χ4v) is 5.07. The summed E-state index contributed by atoms with van der Waals surface area (Å²) in [7, 11) is -0.424. The Kier molecular flexibility index (Phi) is 9.12. The third kappa shape index (κ3) is 6.32. The number of fused-ring (bicyclic) bond motifs is 1. The molecule has 1 aliphatic heterocycles. The minimum atomic E-state index is -3.70. The van der Waals surface area contributed by atoms with E-state index in [9.17, 15) is 12.8 Å². The molecule has 6 nitrogen and oxygen atoms in total. The van der Waals surface area contributed by atoms with E-state index in [0.29, 0.717) is 18.5 Å². The molecule has 0 radical (unpaired) electrons. The third-order valence-electron chi connectivity index (χ3n) is 5.43. The van der Waals surface area contributed by atoms with Crippen LogP contribution in [0.5, 0.6) is 11.5 Å². The normalized spacial score (nSPS) is 13.9. The van der Waals surface area contributed by atoms with Gasteiger partial charge < -0.3 is 9.47 Å². The number of ether oxygens (including phenoxy) is 2. The van der Waals surface area contributed by atoms with Crippen LogP contribution in [0.4, 0.5) is 4.39 Å². The molecule has 3 rings (SSSR count). The largest absolute Gasteiger partial charge is 0.493 e. The number of rotatable bonds is 9. The van der Waals surface area contributed by atoms with E-state index < -0.39 is 15.8 Å². The SMILES string of the molecule is COc1cc2c(cc1OC)CN(CCCCNS(=O)(=O)c1cc(F)ccc1C)CC2.Cl. The van der Waals surface area contributed by atoms with E-state index in [1.165, 1.54) is 23.3 Å². The number of nitrogens with zero attached hydrogens (tertiary/aromatic N) is 1. The Morgan fingerprint density at radius 3 is 2.42 bits per heavy atom. The van der Waals surface area contributed by atoms with Gasteiger partial charge in [0.15, 0.2) is 11.5 Å². The highest BCUT2D eigenvalue weighted by Crippen LogP contribution is 2.33. The molecule has 0 amide bonds. The smallest absolute Gasteiger partial charge is 0.240 e. The number of sulfonamides is 1. The lowest BCUT2D eigenvalue weighted by atomic mass is 9.98. The molecular weight excluding hydrogens is 443 g/mol. The van der Waals surface area contributed by atoms with Gasteiger partial charge in [0.2, 0.25) is 10.0 Å². The van der Waals surface area contributed by atoms with Crippen LogP contribution in [0.2, 0.25) is 0 Å². The molecule has 0 spiro atoms. The number of methoxy groups -OCH3 is 2. The predicted molar refractivity (Wildman–Crippen MR) is 121 cm³/mol. The minimum absolute atomic E-state index is 0. The van der Waals surface area contributed by atoms with Crippen molar-refractivity contribution in [3.8, 4) is 11.5 Å². The second-order valence-corrected chi connectivity index (χ2v) is 9.25. The molecule has 0 bridgehead atoms. The molecule has 9 heteroatoms. The van der Waals surface area contributed by atoms with Crippen LogP contribution in [0.15, 0.2) is 35.2 Å². The van der Waals surface area contributed by atoms with Crippen molar-refractivity contribution in [3.63, 3.8) is 0 Å². The summed E-state index contributed by atoms with van der Waals surface area (Å²) in [5.74, 6) is 0.936. The molecule has 172 valence electrons. The van der Waals surface area contributed by atoms with Crippen molar-refractivity contribution in [2.24, 2.45) is 0 Å². The van der Waals surface area contributed by atoms with Crippen LogP contribution >= 0.6 is 12.4 Å². The van der Waals surface area contributed by atoms with Crippen molar-refractivity contribution in [2.45, 2.75) is 37.6 Å². The first-order valence-corrected chi connectivity index (χ1v) is 11.5. The van der Waals surface area contributed by atoms with Crippen molar-refractivity contribution in [1.29, 1.82) is 0 Å². The summed E-state index contributed by atoms with van der Waals surface area (Å²) < 4.78 is 51.6. The average Bonchev–Trinajstić information content (AvgIpc) is 2.73. The molecular formula is C22H30ClFN2O4S. The van der Waals surface area contributed by atoms with Gasteiger partial charge in [-0.25, -0.2) is 17.5 Å².